The number of hydrogen-bond acceptors (Lipinski definition) is 2. The van der Waals surface area contributed by atoms with Crippen molar-refractivity contribution in [2.75, 3.05) is 6.54 Å². The van der Waals surface area contributed by atoms with E-state index in [1.54, 1.807) is 0 Å². The van der Waals surface area contributed by atoms with E-state index >= 15 is 0 Å². The second-order valence-corrected chi connectivity index (χ2v) is 4.69. The Balaban J connectivity index is 0. The van der Waals surface area contributed by atoms with Gasteiger partial charge >= 0.3 is 0 Å². The maximum atomic E-state index is 12.0. The Kier molecular flexibility index (Phi) is 11.9. The number of amides is 1. The lowest BCUT2D eigenvalue weighted by molar-refractivity contribution is -0.135. The van der Waals surface area contributed by atoms with Crippen LogP contribution in [0.5, 0.6) is 0 Å². The predicted octanol–water partition coefficient (Wildman–Crippen LogP) is 2.91. The molecule has 1 heterocycles. The number of allylic oxidation sites excluding steroid dienone is 1. The zero-order valence-electron chi connectivity index (χ0n) is 11.1. The quantitative estimate of drug-likeness (QED) is 0.626. The van der Waals surface area contributed by atoms with Crippen molar-refractivity contribution in [1.82, 2.24) is 4.90 Å². The number of rotatable bonds is 5. The molecule has 0 saturated carbocycles. The summed E-state index contributed by atoms with van der Waals surface area (Å²) in [5.41, 5.74) is 5.94. The van der Waals surface area contributed by atoms with E-state index < -0.39 is 0 Å². The maximum absolute atomic E-state index is 12.0. The molecular weight excluding hydrogens is 271 g/mol. The maximum Gasteiger partial charge on any atom is 0.222 e. The van der Waals surface area contributed by atoms with Crippen molar-refractivity contribution in [1.29, 1.82) is 0 Å². The van der Waals surface area contributed by atoms with E-state index in [1.165, 1.54) is 6.42 Å². The van der Waals surface area contributed by atoms with Crippen LogP contribution >= 0.6 is 24.8 Å². The lowest BCUT2D eigenvalue weighted by Gasteiger charge is -2.38. The number of carbonyl (C=O) groups excluding carboxylic acids is 1. The summed E-state index contributed by atoms with van der Waals surface area (Å²) in [5.74, 6) is 0.267. The minimum atomic E-state index is 0. The first-order chi connectivity index (χ1) is 7.66. The van der Waals surface area contributed by atoms with Gasteiger partial charge in [-0.3, -0.25) is 4.79 Å². The van der Waals surface area contributed by atoms with Crippen LogP contribution in [0.4, 0.5) is 0 Å². The molecule has 0 aromatic carbocycles. The van der Waals surface area contributed by atoms with Gasteiger partial charge in [-0.05, 0) is 39.0 Å². The van der Waals surface area contributed by atoms with Crippen molar-refractivity contribution in [3.8, 4) is 0 Å². The van der Waals surface area contributed by atoms with Gasteiger partial charge in [-0.25, -0.2) is 0 Å². The third-order valence-corrected chi connectivity index (χ3v) is 3.28. The zero-order chi connectivity index (χ0) is 12.0. The first-order valence-electron chi connectivity index (χ1n) is 6.32. The smallest absolute Gasteiger partial charge is 0.222 e. The summed E-state index contributed by atoms with van der Waals surface area (Å²) in [6.07, 6.45) is 7.71. The van der Waals surface area contributed by atoms with Gasteiger partial charge in [0.2, 0.25) is 5.91 Å². The summed E-state index contributed by atoms with van der Waals surface area (Å²) in [6, 6.07) is 0.341. The number of piperidine rings is 1. The number of carbonyl (C=O) groups is 1. The highest BCUT2D eigenvalue weighted by Gasteiger charge is 2.28. The summed E-state index contributed by atoms with van der Waals surface area (Å²) in [5, 5.41) is 0. The predicted molar refractivity (Wildman–Crippen MR) is 81.5 cm³/mol. The molecule has 1 amide bonds. The summed E-state index contributed by atoms with van der Waals surface area (Å²) >= 11 is 0. The van der Waals surface area contributed by atoms with Gasteiger partial charge in [-0.1, -0.05) is 6.08 Å². The van der Waals surface area contributed by atoms with Gasteiger partial charge in [0.1, 0.15) is 0 Å². The minimum Gasteiger partial charge on any atom is -0.338 e. The summed E-state index contributed by atoms with van der Waals surface area (Å²) in [7, 11) is 0. The molecule has 2 atom stereocenters. The van der Waals surface area contributed by atoms with Crippen LogP contribution in [-0.4, -0.2) is 29.4 Å². The zero-order valence-corrected chi connectivity index (χ0v) is 12.8. The van der Waals surface area contributed by atoms with Crippen molar-refractivity contribution in [3.05, 3.63) is 12.7 Å². The topological polar surface area (TPSA) is 46.3 Å². The Morgan fingerprint density at radius 3 is 2.72 bits per heavy atom. The van der Waals surface area contributed by atoms with Gasteiger partial charge in [0, 0.05) is 25.0 Å². The molecule has 5 heteroatoms. The molecule has 0 aliphatic carbocycles. The van der Waals surface area contributed by atoms with E-state index in [1.807, 2.05) is 17.9 Å². The van der Waals surface area contributed by atoms with Crippen LogP contribution in [0.15, 0.2) is 12.7 Å². The van der Waals surface area contributed by atoms with Crippen LogP contribution in [0.1, 0.15) is 45.4 Å². The van der Waals surface area contributed by atoms with Gasteiger partial charge in [0.15, 0.2) is 0 Å². The molecule has 18 heavy (non-hydrogen) atoms. The van der Waals surface area contributed by atoms with Gasteiger partial charge in [0.05, 0.1) is 0 Å². The highest BCUT2D eigenvalue weighted by molar-refractivity contribution is 5.85. The van der Waals surface area contributed by atoms with Crippen LogP contribution in [-0.2, 0) is 4.79 Å². The summed E-state index contributed by atoms with van der Waals surface area (Å²) in [6.45, 7) is 6.56. The summed E-state index contributed by atoms with van der Waals surface area (Å²) < 4.78 is 0. The molecule has 2 unspecified atom stereocenters. The van der Waals surface area contributed by atoms with Crippen molar-refractivity contribution in [2.24, 2.45) is 5.73 Å². The third-order valence-electron chi connectivity index (χ3n) is 3.28. The molecular formula is C13H26Cl2N2O. The number of nitrogens with zero attached hydrogens (tertiary/aromatic N) is 1. The normalized spacial score (nSPS) is 20.3. The fourth-order valence-corrected chi connectivity index (χ4v) is 2.35. The molecule has 0 aromatic heterocycles. The number of halogens is 2. The second-order valence-electron chi connectivity index (χ2n) is 4.69. The number of hydrogen-bond donors (Lipinski definition) is 1. The van der Waals surface area contributed by atoms with E-state index in [4.69, 9.17) is 5.73 Å². The Labute approximate surface area is 123 Å². The van der Waals surface area contributed by atoms with E-state index in [9.17, 15) is 4.79 Å². The van der Waals surface area contributed by atoms with E-state index in [0.717, 1.165) is 32.2 Å². The fraction of sp³-hybridized carbons (Fsp3) is 0.769. The standard InChI is InChI=1S/C13H24N2O.2ClH/c1-3-4-5-9-13(16)15-10-7-6-8-12(15)11(2)14;;/h3,11-12H,1,4-10,14H2,2H3;2*1H. The van der Waals surface area contributed by atoms with Crippen LogP contribution < -0.4 is 5.73 Å². The number of likely N-dealkylation sites (tertiary alicyclic amines) is 1. The molecule has 3 nitrogen and oxygen atoms in total. The summed E-state index contributed by atoms with van der Waals surface area (Å²) in [4.78, 5) is 14.0. The highest BCUT2D eigenvalue weighted by atomic mass is 35.5. The van der Waals surface area contributed by atoms with Crippen LogP contribution in [0.25, 0.3) is 0 Å². The molecule has 1 fully saturated rings. The van der Waals surface area contributed by atoms with Gasteiger partial charge in [-0.15, -0.1) is 31.4 Å². The van der Waals surface area contributed by atoms with Crippen molar-refractivity contribution in [2.45, 2.75) is 57.5 Å². The average Bonchev–Trinajstić information content (AvgIpc) is 2.29. The van der Waals surface area contributed by atoms with Crippen molar-refractivity contribution < 1.29 is 4.79 Å². The average molecular weight is 297 g/mol. The van der Waals surface area contributed by atoms with Crippen molar-refractivity contribution >= 4 is 30.7 Å². The monoisotopic (exact) mass is 296 g/mol. The first-order valence-corrected chi connectivity index (χ1v) is 6.32. The van der Waals surface area contributed by atoms with E-state index in [0.29, 0.717) is 6.42 Å². The lowest BCUT2D eigenvalue weighted by atomic mass is 9.96. The molecule has 1 aliphatic rings. The molecule has 0 aromatic rings. The van der Waals surface area contributed by atoms with Crippen LogP contribution in [0, 0.1) is 0 Å². The molecule has 0 bridgehead atoms. The Morgan fingerprint density at radius 2 is 2.17 bits per heavy atom. The van der Waals surface area contributed by atoms with Crippen LogP contribution in [0.2, 0.25) is 0 Å². The van der Waals surface area contributed by atoms with Crippen molar-refractivity contribution in [3.63, 3.8) is 0 Å². The van der Waals surface area contributed by atoms with Gasteiger partial charge in [-0.2, -0.15) is 0 Å². The molecule has 1 rings (SSSR count). The number of nitrogens with two attached hydrogens (primary N) is 1. The molecule has 1 aliphatic heterocycles. The minimum absolute atomic E-state index is 0. The first kappa shape index (κ1) is 20.1. The third kappa shape index (κ3) is 6.07. The molecule has 0 radical (unpaired) electrons. The Hall–Kier alpha value is -0.250. The largest absolute Gasteiger partial charge is 0.338 e. The lowest BCUT2D eigenvalue weighted by Crippen LogP contribution is -2.51. The van der Waals surface area contributed by atoms with E-state index in [2.05, 4.69) is 6.58 Å². The van der Waals surface area contributed by atoms with E-state index in [-0.39, 0.29) is 42.8 Å². The Morgan fingerprint density at radius 1 is 1.50 bits per heavy atom. The highest BCUT2D eigenvalue weighted by Crippen LogP contribution is 2.20. The van der Waals surface area contributed by atoms with Crippen LogP contribution in [0.3, 0.4) is 0 Å². The molecule has 0 spiro atoms. The van der Waals surface area contributed by atoms with Gasteiger partial charge < -0.3 is 10.6 Å². The Bertz CT molecular complexity index is 247. The number of unbranched alkanes of at least 4 members (excludes halogenated alkanes) is 1. The fourth-order valence-electron chi connectivity index (χ4n) is 2.35. The molecule has 2 N–H and O–H groups in total. The van der Waals surface area contributed by atoms with Gasteiger partial charge in [0.25, 0.3) is 0 Å². The second kappa shape index (κ2) is 10.7. The SMILES string of the molecule is C=CCCCC(=O)N1CCCCC1C(C)N.Cl.Cl. The molecule has 1 saturated heterocycles. The molecule has 108 valence electrons.